The molecule has 0 radical (unpaired) electrons. The third kappa shape index (κ3) is 4.65. The smallest absolute Gasteiger partial charge is 0.272 e. The monoisotopic (exact) mass is 417 g/mol. The van der Waals surface area contributed by atoms with Crippen molar-refractivity contribution in [2.45, 2.75) is 70.1 Å². The Morgan fingerprint density at radius 2 is 2.00 bits per heavy atom. The van der Waals surface area contributed by atoms with Crippen molar-refractivity contribution in [3.63, 3.8) is 0 Å². The maximum atomic E-state index is 13.2. The van der Waals surface area contributed by atoms with E-state index < -0.39 is 29.9 Å². The van der Waals surface area contributed by atoms with Gasteiger partial charge >= 0.3 is 0 Å². The van der Waals surface area contributed by atoms with Crippen LogP contribution in [0.15, 0.2) is 24.3 Å². The first-order chi connectivity index (χ1) is 14.5. The largest absolute Gasteiger partial charge is 0.382 e. The van der Waals surface area contributed by atoms with Crippen LogP contribution < -0.4 is 10.8 Å². The number of aliphatic hydroxyl groups excluding tert-OH is 1. The standard InChI is InChI=1S/C22H31N3O5/c1-2-3-8-16(19(26)21(28)24-30)22(29)25-13-6-10-18(25)20(27)23-17-12-11-14-7-4-5-9-15(14)17/h4-5,7,9,16-19,26,30H,2-3,6,8,10-13H2,1H3,(H,23,27)(H,24,28)/t16?,17-,18?,19?/m0/s1. The van der Waals surface area contributed by atoms with Crippen molar-refractivity contribution in [3.8, 4) is 0 Å². The van der Waals surface area contributed by atoms with Crippen molar-refractivity contribution in [1.29, 1.82) is 0 Å². The minimum absolute atomic E-state index is 0.0621. The molecular weight excluding hydrogens is 386 g/mol. The van der Waals surface area contributed by atoms with E-state index in [0.717, 1.165) is 24.8 Å². The lowest BCUT2D eigenvalue weighted by atomic mass is 9.93. The first kappa shape index (κ1) is 22.2. The average Bonchev–Trinajstić information content (AvgIpc) is 3.40. The van der Waals surface area contributed by atoms with E-state index in [1.807, 2.05) is 25.1 Å². The van der Waals surface area contributed by atoms with Crippen molar-refractivity contribution >= 4 is 17.7 Å². The second-order valence-corrected chi connectivity index (χ2v) is 8.16. The Bertz CT molecular complexity index is 784. The van der Waals surface area contributed by atoms with Crippen LogP contribution in [0.3, 0.4) is 0 Å². The number of benzene rings is 1. The number of carbonyl (C=O) groups excluding carboxylic acids is 3. The Kier molecular flexibility index (Phi) is 7.44. The van der Waals surface area contributed by atoms with Crippen LogP contribution in [0.2, 0.25) is 0 Å². The zero-order chi connectivity index (χ0) is 21.7. The number of aliphatic hydroxyl groups is 1. The number of nitrogens with zero attached hydrogens (tertiary/aromatic N) is 1. The molecule has 2 aliphatic rings. The minimum Gasteiger partial charge on any atom is -0.382 e. The molecule has 4 atom stereocenters. The quantitative estimate of drug-likeness (QED) is 0.377. The summed E-state index contributed by atoms with van der Waals surface area (Å²) < 4.78 is 0. The lowest BCUT2D eigenvalue weighted by molar-refractivity contribution is -0.152. The molecule has 0 bridgehead atoms. The van der Waals surface area contributed by atoms with Gasteiger partial charge in [-0.3, -0.25) is 19.6 Å². The van der Waals surface area contributed by atoms with Crippen LogP contribution in [-0.4, -0.2) is 51.6 Å². The lowest BCUT2D eigenvalue weighted by Gasteiger charge is -2.30. The van der Waals surface area contributed by atoms with Crippen LogP contribution >= 0.6 is 0 Å². The number of unbranched alkanes of at least 4 members (excludes halogenated alkanes) is 1. The highest BCUT2D eigenvalue weighted by Crippen LogP contribution is 2.32. The molecule has 1 aliphatic heterocycles. The van der Waals surface area contributed by atoms with E-state index in [0.29, 0.717) is 32.2 Å². The highest BCUT2D eigenvalue weighted by Gasteiger charge is 2.41. The van der Waals surface area contributed by atoms with Gasteiger partial charge in [-0.15, -0.1) is 0 Å². The summed E-state index contributed by atoms with van der Waals surface area (Å²) in [4.78, 5) is 39.5. The van der Waals surface area contributed by atoms with Crippen molar-refractivity contribution in [2.24, 2.45) is 5.92 Å². The Labute approximate surface area is 176 Å². The number of rotatable bonds is 8. The van der Waals surface area contributed by atoms with Crippen molar-refractivity contribution in [1.82, 2.24) is 15.7 Å². The predicted molar refractivity (Wildman–Crippen MR) is 109 cm³/mol. The number of carbonyl (C=O) groups is 3. The number of likely N-dealkylation sites (tertiary alicyclic amines) is 1. The Balaban J connectivity index is 1.70. The Hall–Kier alpha value is -2.45. The van der Waals surface area contributed by atoms with Crippen LogP contribution in [-0.2, 0) is 20.8 Å². The summed E-state index contributed by atoms with van der Waals surface area (Å²) in [5.74, 6) is -2.60. The molecule has 0 spiro atoms. The van der Waals surface area contributed by atoms with E-state index in [4.69, 9.17) is 5.21 Å². The summed E-state index contributed by atoms with van der Waals surface area (Å²) >= 11 is 0. The van der Waals surface area contributed by atoms with Crippen LogP contribution in [0, 0.1) is 5.92 Å². The zero-order valence-electron chi connectivity index (χ0n) is 17.3. The van der Waals surface area contributed by atoms with Gasteiger partial charge in [-0.25, -0.2) is 5.48 Å². The average molecular weight is 418 g/mol. The fourth-order valence-electron chi connectivity index (χ4n) is 4.58. The van der Waals surface area contributed by atoms with Gasteiger partial charge in [0.1, 0.15) is 12.1 Å². The third-order valence-corrected chi connectivity index (χ3v) is 6.23. The minimum atomic E-state index is -1.65. The second-order valence-electron chi connectivity index (χ2n) is 8.16. The number of aryl methyl sites for hydroxylation is 1. The summed E-state index contributed by atoms with van der Waals surface area (Å²) in [6, 6.07) is 7.37. The van der Waals surface area contributed by atoms with E-state index in [1.54, 1.807) is 0 Å². The summed E-state index contributed by atoms with van der Waals surface area (Å²) in [6.45, 7) is 2.36. The Morgan fingerprint density at radius 3 is 2.73 bits per heavy atom. The molecule has 1 aromatic rings. The molecule has 0 aromatic heterocycles. The van der Waals surface area contributed by atoms with E-state index in [-0.39, 0.29) is 11.9 Å². The third-order valence-electron chi connectivity index (χ3n) is 6.23. The number of hydroxylamine groups is 1. The summed E-state index contributed by atoms with van der Waals surface area (Å²) in [7, 11) is 0. The maximum absolute atomic E-state index is 13.2. The number of hydrogen-bond donors (Lipinski definition) is 4. The molecule has 8 heteroatoms. The molecule has 1 saturated heterocycles. The Morgan fingerprint density at radius 1 is 1.23 bits per heavy atom. The molecule has 1 fully saturated rings. The number of amides is 3. The zero-order valence-corrected chi connectivity index (χ0v) is 17.3. The molecular formula is C22H31N3O5. The normalized spacial score (nSPS) is 22.3. The highest BCUT2D eigenvalue weighted by molar-refractivity contribution is 5.92. The number of fused-ring (bicyclic) bond motifs is 1. The van der Waals surface area contributed by atoms with Crippen LogP contribution in [0.25, 0.3) is 0 Å². The van der Waals surface area contributed by atoms with Gasteiger partial charge in [-0.2, -0.15) is 0 Å². The van der Waals surface area contributed by atoms with E-state index in [1.165, 1.54) is 15.9 Å². The van der Waals surface area contributed by atoms with Crippen LogP contribution in [0.5, 0.6) is 0 Å². The van der Waals surface area contributed by atoms with Crippen LogP contribution in [0.4, 0.5) is 0 Å². The molecule has 4 N–H and O–H groups in total. The van der Waals surface area contributed by atoms with Gasteiger partial charge in [-0.1, -0.05) is 44.0 Å². The fourth-order valence-corrected chi connectivity index (χ4v) is 4.58. The van der Waals surface area contributed by atoms with Gasteiger partial charge in [0.15, 0.2) is 0 Å². The lowest BCUT2D eigenvalue weighted by Crippen LogP contribution is -2.52. The van der Waals surface area contributed by atoms with Gasteiger partial charge in [-0.05, 0) is 43.2 Å². The maximum Gasteiger partial charge on any atom is 0.272 e. The molecule has 164 valence electrons. The first-order valence-electron chi connectivity index (χ1n) is 10.8. The molecule has 3 unspecified atom stereocenters. The molecule has 1 aromatic carbocycles. The van der Waals surface area contributed by atoms with E-state index in [2.05, 4.69) is 11.4 Å². The second kappa shape index (κ2) is 10.0. The van der Waals surface area contributed by atoms with Gasteiger partial charge in [0.05, 0.1) is 12.0 Å². The van der Waals surface area contributed by atoms with Crippen molar-refractivity contribution in [3.05, 3.63) is 35.4 Å². The molecule has 1 heterocycles. The van der Waals surface area contributed by atoms with Gasteiger partial charge in [0.25, 0.3) is 5.91 Å². The van der Waals surface area contributed by atoms with Gasteiger partial charge in [0, 0.05) is 6.54 Å². The topological polar surface area (TPSA) is 119 Å². The molecule has 3 rings (SSSR count). The molecule has 3 amide bonds. The summed E-state index contributed by atoms with van der Waals surface area (Å²) in [5, 5.41) is 22.2. The first-order valence-corrected chi connectivity index (χ1v) is 10.8. The van der Waals surface area contributed by atoms with E-state index >= 15 is 0 Å². The molecule has 1 aliphatic carbocycles. The SMILES string of the molecule is CCCCC(C(=O)N1CCCC1C(=O)N[C@H]1CCc2ccccc21)C(O)C(=O)NO. The predicted octanol–water partition coefficient (Wildman–Crippen LogP) is 1.45. The number of hydrogen-bond acceptors (Lipinski definition) is 5. The fraction of sp³-hybridized carbons (Fsp3) is 0.591. The van der Waals surface area contributed by atoms with Crippen LogP contribution in [0.1, 0.15) is 62.6 Å². The van der Waals surface area contributed by atoms with Crippen molar-refractivity contribution in [2.75, 3.05) is 6.54 Å². The molecule has 0 saturated carbocycles. The summed E-state index contributed by atoms with van der Waals surface area (Å²) in [5.41, 5.74) is 3.78. The molecule has 8 nitrogen and oxygen atoms in total. The number of nitrogens with one attached hydrogen (secondary N) is 2. The highest BCUT2D eigenvalue weighted by atomic mass is 16.5. The van der Waals surface area contributed by atoms with E-state index in [9.17, 15) is 19.5 Å². The van der Waals surface area contributed by atoms with Crippen molar-refractivity contribution < 1.29 is 24.7 Å². The van der Waals surface area contributed by atoms with Gasteiger partial charge in [0.2, 0.25) is 11.8 Å². The molecule has 30 heavy (non-hydrogen) atoms. The van der Waals surface area contributed by atoms with Gasteiger partial charge < -0.3 is 15.3 Å². The summed E-state index contributed by atoms with van der Waals surface area (Å²) in [6.07, 6.45) is 3.08.